The molecule has 2 rings (SSSR count). The van der Waals surface area contributed by atoms with E-state index in [1.165, 1.54) is 0 Å². The molecule has 0 bridgehead atoms. The number of benzene rings is 1. The largest absolute Gasteiger partial charge is 0.504 e. The number of nitrogens with one attached hydrogen (secondary N) is 1. The van der Waals surface area contributed by atoms with Crippen LogP contribution in [0, 0.1) is 0 Å². The Labute approximate surface area is 117 Å². The Morgan fingerprint density at radius 3 is 2.85 bits per heavy atom. The van der Waals surface area contributed by atoms with Crippen LogP contribution in [-0.2, 0) is 6.54 Å². The van der Waals surface area contributed by atoms with Crippen molar-refractivity contribution in [3.63, 3.8) is 0 Å². The molecule has 0 aliphatic rings. The molecule has 0 aliphatic carbocycles. The normalized spacial score (nSPS) is 10.7. The Kier molecular flexibility index (Phi) is 4.94. The van der Waals surface area contributed by atoms with Crippen LogP contribution in [0.4, 0.5) is 0 Å². The van der Waals surface area contributed by atoms with Crippen LogP contribution in [0.2, 0.25) is 0 Å². The number of nitrogens with zero attached hydrogens (tertiary/aromatic N) is 2. The Hall–Kier alpha value is -2.56. The van der Waals surface area contributed by atoms with Gasteiger partial charge in [-0.15, -0.1) is 0 Å². The maximum absolute atomic E-state index is 9.98. The second kappa shape index (κ2) is 7.13. The first-order chi connectivity index (χ1) is 9.81. The lowest BCUT2D eigenvalue weighted by Gasteiger charge is -2.07. The Morgan fingerprint density at radius 1 is 1.30 bits per heavy atom. The number of aromatic nitrogens is 1. The first kappa shape index (κ1) is 13.9. The molecule has 2 N–H and O–H groups in total. The zero-order chi connectivity index (χ0) is 14.2. The van der Waals surface area contributed by atoms with Crippen LogP contribution >= 0.6 is 0 Å². The van der Waals surface area contributed by atoms with Crippen molar-refractivity contribution < 1.29 is 9.84 Å². The summed E-state index contributed by atoms with van der Waals surface area (Å²) in [5.41, 5.74) is 4.62. The fourth-order valence-electron chi connectivity index (χ4n) is 1.67. The van der Waals surface area contributed by atoms with Gasteiger partial charge in [0.2, 0.25) is 0 Å². The highest BCUT2D eigenvalue weighted by molar-refractivity contribution is 5.84. The molecule has 0 saturated carbocycles. The van der Waals surface area contributed by atoms with E-state index in [0.29, 0.717) is 24.5 Å². The third-order valence-electron chi connectivity index (χ3n) is 2.66. The molecule has 0 atom stereocenters. The summed E-state index contributed by atoms with van der Waals surface area (Å²) in [6, 6.07) is 9.14. The van der Waals surface area contributed by atoms with Crippen LogP contribution in [0.3, 0.4) is 0 Å². The summed E-state index contributed by atoms with van der Waals surface area (Å²) in [7, 11) is 0. The Bertz CT molecular complexity index is 571. The molecule has 0 spiro atoms. The van der Waals surface area contributed by atoms with Gasteiger partial charge < -0.3 is 15.3 Å². The zero-order valence-electron chi connectivity index (χ0n) is 11.3. The van der Waals surface area contributed by atoms with E-state index in [1.54, 1.807) is 30.7 Å². The highest BCUT2D eigenvalue weighted by atomic mass is 16.5. The molecule has 0 fully saturated rings. The van der Waals surface area contributed by atoms with Crippen LogP contribution in [0.1, 0.15) is 18.1 Å². The van der Waals surface area contributed by atoms with Gasteiger partial charge in [-0.05, 0) is 36.8 Å². The minimum atomic E-state index is 0.101. The summed E-state index contributed by atoms with van der Waals surface area (Å²) in [4.78, 5) is 3.95. The van der Waals surface area contributed by atoms with Crippen LogP contribution < -0.4 is 10.2 Å². The molecule has 5 heteroatoms. The van der Waals surface area contributed by atoms with Gasteiger partial charge >= 0.3 is 0 Å². The maximum atomic E-state index is 9.98. The number of phenolic OH excluding ortho intramolecular Hbond substituents is 1. The highest BCUT2D eigenvalue weighted by Crippen LogP contribution is 2.28. The van der Waals surface area contributed by atoms with E-state index in [9.17, 15) is 5.11 Å². The van der Waals surface area contributed by atoms with E-state index in [2.05, 4.69) is 15.5 Å². The van der Waals surface area contributed by atoms with E-state index >= 15 is 0 Å². The molecule has 5 nitrogen and oxygen atoms in total. The molecule has 104 valence electrons. The third kappa shape index (κ3) is 3.71. The first-order valence-corrected chi connectivity index (χ1v) is 6.41. The lowest BCUT2D eigenvalue weighted by atomic mass is 10.2. The molecule has 0 saturated heterocycles. The number of hydrogen-bond donors (Lipinski definition) is 2. The summed E-state index contributed by atoms with van der Waals surface area (Å²) in [6.07, 6.45) is 5.04. The Balaban J connectivity index is 1.96. The predicted molar refractivity (Wildman–Crippen MR) is 77.9 cm³/mol. The first-order valence-electron chi connectivity index (χ1n) is 6.41. The van der Waals surface area contributed by atoms with Gasteiger partial charge in [0, 0.05) is 18.0 Å². The van der Waals surface area contributed by atoms with Gasteiger partial charge in [-0.2, -0.15) is 5.10 Å². The van der Waals surface area contributed by atoms with Crippen LogP contribution in [0.5, 0.6) is 11.5 Å². The average molecular weight is 271 g/mol. The van der Waals surface area contributed by atoms with Gasteiger partial charge in [0.15, 0.2) is 11.5 Å². The van der Waals surface area contributed by atoms with Gasteiger partial charge in [-0.3, -0.25) is 4.98 Å². The molecule has 2 aromatic rings. The van der Waals surface area contributed by atoms with E-state index in [1.807, 2.05) is 25.1 Å². The average Bonchev–Trinajstić information content (AvgIpc) is 2.48. The lowest BCUT2D eigenvalue weighted by Crippen LogP contribution is -2.05. The molecule has 1 aromatic heterocycles. The van der Waals surface area contributed by atoms with Crippen molar-refractivity contribution in [3.8, 4) is 11.5 Å². The summed E-state index contributed by atoms with van der Waals surface area (Å²) >= 11 is 0. The lowest BCUT2D eigenvalue weighted by molar-refractivity contribution is 0.318. The van der Waals surface area contributed by atoms with Gasteiger partial charge in [-0.25, -0.2) is 0 Å². The molecule has 0 radical (unpaired) electrons. The quantitative estimate of drug-likeness (QED) is 0.625. The number of aromatic hydroxyl groups is 1. The fourth-order valence-corrected chi connectivity index (χ4v) is 1.67. The van der Waals surface area contributed by atoms with Gasteiger partial charge in [-0.1, -0.05) is 6.07 Å². The predicted octanol–water partition coefficient (Wildman–Crippen LogP) is 2.31. The molecule has 0 aliphatic heterocycles. The smallest absolute Gasteiger partial charge is 0.166 e. The van der Waals surface area contributed by atoms with Crippen LogP contribution in [0.25, 0.3) is 0 Å². The number of para-hydroxylation sites is 1. The van der Waals surface area contributed by atoms with Crippen molar-refractivity contribution in [2.24, 2.45) is 5.10 Å². The van der Waals surface area contributed by atoms with E-state index < -0.39 is 0 Å². The topological polar surface area (TPSA) is 66.7 Å². The number of phenols is 1. The van der Waals surface area contributed by atoms with E-state index in [4.69, 9.17) is 4.74 Å². The number of hydrogen-bond acceptors (Lipinski definition) is 5. The Morgan fingerprint density at radius 2 is 2.10 bits per heavy atom. The molecule has 1 aromatic carbocycles. The van der Waals surface area contributed by atoms with Crippen molar-refractivity contribution in [3.05, 3.63) is 53.9 Å². The summed E-state index contributed by atoms with van der Waals surface area (Å²) < 4.78 is 5.31. The van der Waals surface area contributed by atoms with Crippen molar-refractivity contribution in [1.29, 1.82) is 0 Å². The maximum Gasteiger partial charge on any atom is 0.166 e. The fraction of sp³-hybridized carbons (Fsp3) is 0.200. The van der Waals surface area contributed by atoms with Crippen molar-refractivity contribution >= 4 is 6.21 Å². The second-order valence-electron chi connectivity index (χ2n) is 4.08. The third-order valence-corrected chi connectivity index (χ3v) is 2.66. The standard InChI is InChI=1S/C15H17N3O2/c1-2-20-14-5-3-4-13(15(14)19)11-18-17-10-12-6-8-16-9-7-12/h3-9,11,17,19H,2,10H2,1H3. The molecular weight excluding hydrogens is 254 g/mol. The van der Waals surface area contributed by atoms with Crippen molar-refractivity contribution in [1.82, 2.24) is 10.4 Å². The summed E-state index contributed by atoms with van der Waals surface area (Å²) in [5, 5.41) is 14.1. The van der Waals surface area contributed by atoms with E-state index in [-0.39, 0.29) is 5.75 Å². The SMILES string of the molecule is CCOc1cccc(C=NNCc2ccncc2)c1O. The minimum Gasteiger partial charge on any atom is -0.504 e. The highest BCUT2D eigenvalue weighted by Gasteiger charge is 2.05. The van der Waals surface area contributed by atoms with E-state index in [0.717, 1.165) is 5.56 Å². The summed E-state index contributed by atoms with van der Waals surface area (Å²) in [6.45, 7) is 2.98. The number of ether oxygens (including phenoxy) is 1. The number of rotatable bonds is 6. The zero-order valence-corrected chi connectivity index (χ0v) is 11.3. The van der Waals surface area contributed by atoms with Crippen LogP contribution in [0.15, 0.2) is 47.8 Å². The minimum absolute atomic E-state index is 0.101. The van der Waals surface area contributed by atoms with Crippen molar-refractivity contribution in [2.45, 2.75) is 13.5 Å². The number of hydrazone groups is 1. The molecular formula is C15H17N3O2. The monoisotopic (exact) mass is 271 g/mol. The van der Waals surface area contributed by atoms with Crippen molar-refractivity contribution in [2.75, 3.05) is 6.61 Å². The summed E-state index contributed by atoms with van der Waals surface area (Å²) in [5.74, 6) is 0.564. The van der Waals surface area contributed by atoms with Gasteiger partial charge in [0.1, 0.15) is 0 Å². The molecule has 0 amide bonds. The second-order valence-corrected chi connectivity index (χ2v) is 4.08. The molecule has 1 heterocycles. The number of pyridine rings is 1. The van der Waals surface area contributed by atoms with Gasteiger partial charge in [0.05, 0.1) is 19.4 Å². The molecule has 20 heavy (non-hydrogen) atoms. The van der Waals surface area contributed by atoms with Gasteiger partial charge in [0.25, 0.3) is 0 Å². The molecule has 0 unspecified atom stereocenters. The van der Waals surface area contributed by atoms with Crippen LogP contribution in [-0.4, -0.2) is 22.9 Å².